The van der Waals surface area contributed by atoms with E-state index >= 15 is 0 Å². The van der Waals surface area contributed by atoms with Crippen LogP contribution in [0.25, 0.3) is 0 Å². The zero-order chi connectivity index (χ0) is 11.5. The first-order chi connectivity index (χ1) is 7.70. The molecule has 1 aromatic rings. The summed E-state index contributed by atoms with van der Waals surface area (Å²) in [5, 5.41) is 0.400. The Hall–Kier alpha value is -1.09. The number of carbonyl (C=O) groups excluding carboxylic acids is 1. The quantitative estimate of drug-likeness (QED) is 0.745. The van der Waals surface area contributed by atoms with Crippen molar-refractivity contribution in [2.75, 3.05) is 7.11 Å². The fourth-order valence-electron chi connectivity index (χ4n) is 2.05. The number of pyridine rings is 1. The van der Waals surface area contributed by atoms with Crippen LogP contribution in [0.2, 0.25) is 5.15 Å². The van der Waals surface area contributed by atoms with E-state index in [0.29, 0.717) is 35.4 Å². The number of ether oxygens (including phenoxy) is 1. The zero-order valence-corrected chi connectivity index (χ0v) is 9.96. The minimum atomic E-state index is 0.357. The highest BCUT2D eigenvalue weighted by atomic mass is 35.5. The number of carbonyl (C=O) groups is 1. The molecule has 0 aromatic carbocycles. The third-order valence-corrected chi connectivity index (χ3v) is 3.29. The molecule has 1 heterocycles. The molecule has 2 rings (SSSR count). The standard InChI is InChI=1S/C12H14ClNO2/c1-16-11-7-6-10(14-12(11)13)8-2-4-9(15)5-3-8/h6-8H,2-5H2,1H3. The SMILES string of the molecule is COc1ccc(C2CCC(=O)CC2)nc1Cl. The van der Waals surface area contributed by atoms with E-state index in [0.717, 1.165) is 18.5 Å². The van der Waals surface area contributed by atoms with E-state index in [1.54, 1.807) is 7.11 Å². The fraction of sp³-hybridized carbons (Fsp3) is 0.500. The van der Waals surface area contributed by atoms with Crippen LogP contribution in [0.1, 0.15) is 37.3 Å². The second-order valence-electron chi connectivity index (χ2n) is 4.04. The number of aromatic nitrogens is 1. The van der Waals surface area contributed by atoms with Crippen molar-refractivity contribution < 1.29 is 9.53 Å². The van der Waals surface area contributed by atoms with Crippen LogP contribution < -0.4 is 4.74 Å². The molecule has 0 saturated heterocycles. The van der Waals surface area contributed by atoms with Gasteiger partial charge in [0.25, 0.3) is 0 Å². The molecule has 0 bridgehead atoms. The lowest BCUT2D eigenvalue weighted by atomic mass is 9.86. The molecule has 4 heteroatoms. The maximum absolute atomic E-state index is 11.1. The lowest BCUT2D eigenvalue weighted by Gasteiger charge is -2.20. The van der Waals surface area contributed by atoms with Gasteiger partial charge in [0.1, 0.15) is 5.78 Å². The number of methoxy groups -OCH3 is 1. The van der Waals surface area contributed by atoms with Crippen molar-refractivity contribution in [3.05, 3.63) is 23.0 Å². The minimum absolute atomic E-state index is 0.357. The van der Waals surface area contributed by atoms with Gasteiger partial charge in [-0.15, -0.1) is 0 Å². The summed E-state index contributed by atoms with van der Waals surface area (Å²) in [6.45, 7) is 0. The Labute approximate surface area is 99.8 Å². The Morgan fingerprint density at radius 2 is 2.06 bits per heavy atom. The van der Waals surface area contributed by atoms with Gasteiger partial charge < -0.3 is 4.74 Å². The second kappa shape index (κ2) is 4.83. The monoisotopic (exact) mass is 239 g/mol. The van der Waals surface area contributed by atoms with Gasteiger partial charge in [0, 0.05) is 24.5 Å². The lowest BCUT2D eigenvalue weighted by Crippen LogP contribution is -2.13. The zero-order valence-electron chi connectivity index (χ0n) is 9.20. The minimum Gasteiger partial charge on any atom is -0.494 e. The van der Waals surface area contributed by atoms with E-state index in [1.807, 2.05) is 12.1 Å². The van der Waals surface area contributed by atoms with Gasteiger partial charge in [-0.2, -0.15) is 0 Å². The summed E-state index contributed by atoms with van der Waals surface area (Å²) in [5.74, 6) is 1.31. The van der Waals surface area contributed by atoms with Crippen LogP contribution in [-0.4, -0.2) is 17.9 Å². The van der Waals surface area contributed by atoms with E-state index in [2.05, 4.69) is 4.98 Å². The Bertz CT molecular complexity index is 396. The van der Waals surface area contributed by atoms with Crippen LogP contribution in [0.3, 0.4) is 0 Å². The molecule has 1 fully saturated rings. The van der Waals surface area contributed by atoms with E-state index in [9.17, 15) is 4.79 Å². The molecule has 16 heavy (non-hydrogen) atoms. The number of ketones is 1. The summed E-state index contributed by atoms with van der Waals surface area (Å²) in [6, 6.07) is 3.77. The lowest BCUT2D eigenvalue weighted by molar-refractivity contribution is -0.120. The Kier molecular flexibility index (Phi) is 3.44. The van der Waals surface area contributed by atoms with E-state index in [1.165, 1.54) is 0 Å². The van der Waals surface area contributed by atoms with E-state index in [4.69, 9.17) is 16.3 Å². The first kappa shape index (κ1) is 11.4. The van der Waals surface area contributed by atoms with Gasteiger partial charge in [0.15, 0.2) is 10.9 Å². The molecule has 0 spiro atoms. The number of nitrogens with zero attached hydrogens (tertiary/aromatic N) is 1. The van der Waals surface area contributed by atoms with Crippen molar-refractivity contribution in [2.45, 2.75) is 31.6 Å². The molecule has 0 amide bonds. The molecule has 0 aliphatic heterocycles. The van der Waals surface area contributed by atoms with Crippen molar-refractivity contribution in [1.29, 1.82) is 0 Å². The summed E-state index contributed by atoms with van der Waals surface area (Å²) in [6.07, 6.45) is 3.09. The molecule has 1 aromatic heterocycles. The van der Waals surface area contributed by atoms with Crippen LogP contribution in [-0.2, 0) is 4.79 Å². The van der Waals surface area contributed by atoms with E-state index in [-0.39, 0.29) is 0 Å². The Morgan fingerprint density at radius 1 is 1.38 bits per heavy atom. The van der Waals surface area contributed by atoms with Crippen LogP contribution >= 0.6 is 11.6 Å². The van der Waals surface area contributed by atoms with Crippen LogP contribution in [0.15, 0.2) is 12.1 Å². The van der Waals surface area contributed by atoms with Gasteiger partial charge in [-0.1, -0.05) is 11.6 Å². The molecule has 0 N–H and O–H groups in total. The average molecular weight is 240 g/mol. The summed E-state index contributed by atoms with van der Waals surface area (Å²) in [5.41, 5.74) is 0.971. The predicted octanol–water partition coefficient (Wildman–Crippen LogP) is 2.97. The topological polar surface area (TPSA) is 39.2 Å². The molecule has 3 nitrogen and oxygen atoms in total. The molecule has 1 saturated carbocycles. The molecule has 1 aliphatic rings. The van der Waals surface area contributed by atoms with Crippen molar-refractivity contribution in [2.24, 2.45) is 0 Å². The number of rotatable bonds is 2. The average Bonchev–Trinajstić information content (AvgIpc) is 2.30. The summed E-state index contributed by atoms with van der Waals surface area (Å²) in [7, 11) is 1.57. The maximum atomic E-state index is 11.1. The Balaban J connectivity index is 2.15. The number of Topliss-reactive ketones (excluding diaryl/α,β-unsaturated/α-hetero) is 1. The van der Waals surface area contributed by atoms with Gasteiger partial charge in [0.05, 0.1) is 7.11 Å². The summed E-state index contributed by atoms with van der Waals surface area (Å²) < 4.78 is 5.06. The van der Waals surface area contributed by atoms with Crippen LogP contribution in [0, 0.1) is 0 Å². The van der Waals surface area contributed by atoms with Gasteiger partial charge in [-0.3, -0.25) is 4.79 Å². The van der Waals surface area contributed by atoms with Crippen molar-refractivity contribution >= 4 is 17.4 Å². The second-order valence-corrected chi connectivity index (χ2v) is 4.40. The van der Waals surface area contributed by atoms with Crippen molar-refractivity contribution in [3.8, 4) is 5.75 Å². The fourth-order valence-corrected chi connectivity index (χ4v) is 2.29. The molecular formula is C12H14ClNO2. The number of hydrogen-bond donors (Lipinski definition) is 0. The van der Waals surface area contributed by atoms with Gasteiger partial charge in [0.2, 0.25) is 0 Å². The molecule has 0 unspecified atom stereocenters. The Morgan fingerprint density at radius 3 is 2.62 bits per heavy atom. The molecule has 0 atom stereocenters. The smallest absolute Gasteiger partial charge is 0.171 e. The molecule has 86 valence electrons. The third-order valence-electron chi connectivity index (χ3n) is 3.02. The van der Waals surface area contributed by atoms with Crippen LogP contribution in [0.5, 0.6) is 5.75 Å². The van der Waals surface area contributed by atoms with Gasteiger partial charge in [-0.25, -0.2) is 4.98 Å². The molecule has 1 aliphatic carbocycles. The van der Waals surface area contributed by atoms with E-state index < -0.39 is 0 Å². The molecule has 0 radical (unpaired) electrons. The predicted molar refractivity (Wildman–Crippen MR) is 62.0 cm³/mol. The van der Waals surface area contributed by atoms with Gasteiger partial charge >= 0.3 is 0 Å². The summed E-state index contributed by atoms with van der Waals surface area (Å²) >= 11 is 5.97. The number of halogens is 1. The maximum Gasteiger partial charge on any atom is 0.171 e. The third kappa shape index (κ3) is 2.35. The first-order valence-corrected chi connectivity index (χ1v) is 5.80. The first-order valence-electron chi connectivity index (χ1n) is 5.43. The summed E-state index contributed by atoms with van der Waals surface area (Å²) in [4.78, 5) is 15.5. The largest absolute Gasteiger partial charge is 0.494 e. The van der Waals surface area contributed by atoms with Crippen molar-refractivity contribution in [1.82, 2.24) is 4.98 Å². The highest BCUT2D eigenvalue weighted by Crippen LogP contribution is 2.32. The molecular weight excluding hydrogens is 226 g/mol. The van der Waals surface area contributed by atoms with Gasteiger partial charge in [-0.05, 0) is 25.0 Å². The number of hydrogen-bond acceptors (Lipinski definition) is 3. The highest BCUT2D eigenvalue weighted by molar-refractivity contribution is 6.30. The van der Waals surface area contributed by atoms with Crippen molar-refractivity contribution in [3.63, 3.8) is 0 Å². The highest BCUT2D eigenvalue weighted by Gasteiger charge is 2.21. The van der Waals surface area contributed by atoms with Crippen LogP contribution in [0.4, 0.5) is 0 Å². The normalized spacial score (nSPS) is 17.5.